The van der Waals surface area contributed by atoms with Crippen molar-refractivity contribution >= 4 is 39.8 Å². The van der Waals surface area contributed by atoms with Crippen molar-refractivity contribution in [2.45, 2.75) is 26.2 Å². The predicted octanol–water partition coefficient (Wildman–Crippen LogP) is 4.87. The van der Waals surface area contributed by atoms with E-state index >= 15 is 0 Å². The first-order chi connectivity index (χ1) is 12.5. The Hall–Kier alpha value is -2.44. The van der Waals surface area contributed by atoms with E-state index < -0.39 is 0 Å². The standard InChI is InChI=1S/C19H16ClN3O2S/c1-10-16-13(7-4-8-15(16)24)21-17(10)18(25)23-19-22-14(9-26-19)11-5-2-3-6-12(11)20/h2-3,5-6,9,21H,4,7-8H2,1H3,(H,22,23,25). The van der Waals surface area contributed by atoms with Gasteiger partial charge in [0.2, 0.25) is 0 Å². The van der Waals surface area contributed by atoms with E-state index in [1.807, 2.05) is 30.5 Å². The Morgan fingerprint density at radius 1 is 1.31 bits per heavy atom. The van der Waals surface area contributed by atoms with Gasteiger partial charge in [-0.05, 0) is 31.4 Å². The third-order valence-corrected chi connectivity index (χ3v) is 5.63. The first-order valence-corrected chi connectivity index (χ1v) is 9.57. The third-order valence-electron chi connectivity index (χ3n) is 4.54. The van der Waals surface area contributed by atoms with Crippen molar-refractivity contribution in [3.8, 4) is 11.3 Å². The van der Waals surface area contributed by atoms with Crippen molar-refractivity contribution in [3.63, 3.8) is 0 Å². The normalized spacial score (nSPS) is 13.5. The molecule has 0 spiro atoms. The van der Waals surface area contributed by atoms with Gasteiger partial charge in [0.1, 0.15) is 5.69 Å². The summed E-state index contributed by atoms with van der Waals surface area (Å²) >= 11 is 7.54. The topological polar surface area (TPSA) is 74.8 Å². The maximum Gasteiger partial charge on any atom is 0.274 e. The van der Waals surface area contributed by atoms with Crippen LogP contribution in [0.5, 0.6) is 0 Å². The number of Topliss-reactive ketones (excluding diaryl/α,β-unsaturated/α-hetero) is 1. The smallest absolute Gasteiger partial charge is 0.274 e. The molecule has 0 bridgehead atoms. The highest BCUT2D eigenvalue weighted by atomic mass is 35.5. The molecule has 3 aromatic rings. The third kappa shape index (κ3) is 2.95. The number of ketones is 1. The molecule has 0 saturated heterocycles. The summed E-state index contributed by atoms with van der Waals surface area (Å²) < 4.78 is 0. The summed E-state index contributed by atoms with van der Waals surface area (Å²) in [4.78, 5) is 32.4. The number of benzene rings is 1. The van der Waals surface area contributed by atoms with Gasteiger partial charge in [-0.2, -0.15) is 0 Å². The molecule has 2 N–H and O–H groups in total. The number of nitrogens with zero attached hydrogens (tertiary/aromatic N) is 1. The van der Waals surface area contributed by atoms with E-state index in [4.69, 9.17) is 11.6 Å². The number of carbonyl (C=O) groups excluding carboxylic acids is 2. The molecule has 1 aromatic carbocycles. The number of fused-ring (bicyclic) bond motifs is 1. The number of hydrogen-bond acceptors (Lipinski definition) is 4. The lowest BCUT2D eigenvalue weighted by molar-refractivity contribution is 0.0971. The fourth-order valence-electron chi connectivity index (χ4n) is 3.28. The van der Waals surface area contributed by atoms with E-state index in [-0.39, 0.29) is 11.7 Å². The van der Waals surface area contributed by atoms with E-state index in [2.05, 4.69) is 15.3 Å². The van der Waals surface area contributed by atoms with Crippen LogP contribution in [0.1, 0.15) is 44.9 Å². The molecule has 132 valence electrons. The number of H-pyrrole nitrogens is 1. The quantitative estimate of drug-likeness (QED) is 0.675. The number of aromatic nitrogens is 2. The van der Waals surface area contributed by atoms with Crippen LogP contribution in [-0.2, 0) is 6.42 Å². The lowest BCUT2D eigenvalue weighted by Gasteiger charge is -2.09. The molecule has 1 aliphatic rings. The fraction of sp³-hybridized carbons (Fsp3) is 0.211. The molecule has 0 fully saturated rings. The van der Waals surface area contributed by atoms with E-state index in [0.29, 0.717) is 39.1 Å². The summed E-state index contributed by atoms with van der Waals surface area (Å²) in [5.41, 5.74) is 4.22. The Bertz CT molecular complexity index is 1020. The van der Waals surface area contributed by atoms with Gasteiger partial charge in [-0.1, -0.05) is 29.8 Å². The Kier molecular flexibility index (Phi) is 4.38. The van der Waals surface area contributed by atoms with Gasteiger partial charge < -0.3 is 4.98 Å². The predicted molar refractivity (Wildman–Crippen MR) is 103 cm³/mol. The van der Waals surface area contributed by atoms with Crippen LogP contribution in [0, 0.1) is 6.92 Å². The first kappa shape index (κ1) is 17.0. The molecule has 0 saturated carbocycles. The van der Waals surface area contributed by atoms with Crippen LogP contribution in [0.15, 0.2) is 29.6 Å². The molecule has 4 rings (SSSR count). The summed E-state index contributed by atoms with van der Waals surface area (Å²) in [6, 6.07) is 7.44. The number of amides is 1. The minimum atomic E-state index is -0.287. The van der Waals surface area contributed by atoms with E-state index in [9.17, 15) is 9.59 Å². The lowest BCUT2D eigenvalue weighted by Crippen LogP contribution is -2.13. The molecule has 2 heterocycles. The monoisotopic (exact) mass is 385 g/mol. The number of halogens is 1. The van der Waals surface area contributed by atoms with Crippen LogP contribution >= 0.6 is 22.9 Å². The molecule has 1 amide bonds. The molecule has 0 aliphatic heterocycles. The molecule has 2 aromatic heterocycles. The largest absolute Gasteiger partial charge is 0.354 e. The second kappa shape index (κ2) is 6.70. The van der Waals surface area contributed by atoms with Crippen molar-refractivity contribution in [1.29, 1.82) is 0 Å². The second-order valence-electron chi connectivity index (χ2n) is 6.23. The molecule has 0 radical (unpaired) electrons. The number of aryl methyl sites for hydroxylation is 1. The zero-order valence-electron chi connectivity index (χ0n) is 14.1. The summed E-state index contributed by atoms with van der Waals surface area (Å²) in [5, 5.41) is 5.77. The van der Waals surface area contributed by atoms with Gasteiger partial charge in [0.25, 0.3) is 5.91 Å². The summed E-state index contributed by atoms with van der Waals surface area (Å²) in [6.07, 6.45) is 2.16. The second-order valence-corrected chi connectivity index (χ2v) is 7.49. The molecule has 0 atom stereocenters. The minimum Gasteiger partial charge on any atom is -0.354 e. The van der Waals surface area contributed by atoms with Crippen molar-refractivity contribution in [2.75, 3.05) is 5.32 Å². The van der Waals surface area contributed by atoms with Crippen LogP contribution in [0.3, 0.4) is 0 Å². The van der Waals surface area contributed by atoms with Crippen LogP contribution < -0.4 is 5.32 Å². The maximum atomic E-state index is 12.7. The summed E-state index contributed by atoms with van der Waals surface area (Å²) in [7, 11) is 0. The number of thiazole rings is 1. The molecular formula is C19H16ClN3O2S. The number of hydrogen-bond donors (Lipinski definition) is 2. The Morgan fingerprint density at radius 3 is 2.88 bits per heavy atom. The maximum absolute atomic E-state index is 12.7. The number of aromatic amines is 1. The Balaban J connectivity index is 1.58. The van der Waals surface area contributed by atoms with Crippen LogP contribution in [0.25, 0.3) is 11.3 Å². The Morgan fingerprint density at radius 2 is 2.12 bits per heavy atom. The van der Waals surface area contributed by atoms with Crippen molar-refractivity contribution < 1.29 is 9.59 Å². The van der Waals surface area contributed by atoms with Crippen LogP contribution in [0.4, 0.5) is 5.13 Å². The van der Waals surface area contributed by atoms with E-state index in [0.717, 1.165) is 24.1 Å². The number of nitrogens with one attached hydrogen (secondary N) is 2. The highest BCUT2D eigenvalue weighted by Gasteiger charge is 2.26. The van der Waals surface area contributed by atoms with Crippen LogP contribution in [0.2, 0.25) is 5.02 Å². The van der Waals surface area contributed by atoms with Gasteiger partial charge >= 0.3 is 0 Å². The van der Waals surface area contributed by atoms with Crippen molar-refractivity contribution in [2.24, 2.45) is 0 Å². The van der Waals surface area contributed by atoms with Gasteiger partial charge in [-0.3, -0.25) is 14.9 Å². The molecule has 7 heteroatoms. The average Bonchev–Trinajstić information content (AvgIpc) is 3.21. The van der Waals surface area contributed by atoms with Gasteiger partial charge in [-0.15, -0.1) is 11.3 Å². The number of carbonyl (C=O) groups is 2. The molecule has 0 unspecified atom stereocenters. The van der Waals surface area contributed by atoms with E-state index in [1.54, 1.807) is 6.07 Å². The summed E-state index contributed by atoms with van der Waals surface area (Å²) in [6.45, 7) is 1.81. The molecule has 26 heavy (non-hydrogen) atoms. The highest BCUT2D eigenvalue weighted by molar-refractivity contribution is 7.14. The molecule has 5 nitrogen and oxygen atoms in total. The zero-order chi connectivity index (χ0) is 18.3. The first-order valence-electron chi connectivity index (χ1n) is 8.31. The molecular weight excluding hydrogens is 370 g/mol. The fourth-order valence-corrected chi connectivity index (χ4v) is 4.22. The molecule has 1 aliphatic carbocycles. The van der Waals surface area contributed by atoms with E-state index in [1.165, 1.54) is 11.3 Å². The summed E-state index contributed by atoms with van der Waals surface area (Å²) in [5.74, 6) is -0.181. The Labute approximate surface area is 159 Å². The zero-order valence-corrected chi connectivity index (χ0v) is 15.6. The minimum absolute atomic E-state index is 0.106. The van der Waals surface area contributed by atoms with Gasteiger partial charge in [0.15, 0.2) is 10.9 Å². The van der Waals surface area contributed by atoms with Crippen LogP contribution in [-0.4, -0.2) is 21.7 Å². The number of anilines is 1. The van der Waals surface area contributed by atoms with Crippen molar-refractivity contribution in [1.82, 2.24) is 9.97 Å². The average molecular weight is 386 g/mol. The highest BCUT2D eigenvalue weighted by Crippen LogP contribution is 2.31. The SMILES string of the molecule is Cc1c(C(=O)Nc2nc(-c3ccccc3Cl)cs2)[nH]c2c1C(=O)CCC2. The van der Waals surface area contributed by atoms with Gasteiger partial charge in [0.05, 0.1) is 5.69 Å². The van der Waals surface area contributed by atoms with Gasteiger partial charge in [0, 0.05) is 33.6 Å². The van der Waals surface area contributed by atoms with Gasteiger partial charge in [-0.25, -0.2) is 4.98 Å². The number of rotatable bonds is 3. The van der Waals surface area contributed by atoms with Crippen molar-refractivity contribution in [3.05, 3.63) is 57.2 Å². The lowest BCUT2D eigenvalue weighted by atomic mass is 9.94.